The van der Waals surface area contributed by atoms with Crippen LogP contribution in [0, 0.1) is 0 Å². The summed E-state index contributed by atoms with van der Waals surface area (Å²) >= 11 is 0. The molecule has 1 unspecified atom stereocenters. The van der Waals surface area contributed by atoms with Gasteiger partial charge in [-0.25, -0.2) is 0 Å². The van der Waals surface area contributed by atoms with Gasteiger partial charge in [0.05, 0.1) is 13.2 Å². The molecule has 0 aromatic carbocycles. The maximum Gasteiger partial charge on any atom is 0.104 e. The second-order valence-electron chi connectivity index (χ2n) is 2.17. The van der Waals surface area contributed by atoms with E-state index in [-0.39, 0.29) is 12.4 Å². The summed E-state index contributed by atoms with van der Waals surface area (Å²) < 4.78 is 10.1. The van der Waals surface area contributed by atoms with Crippen LogP contribution in [0.3, 0.4) is 0 Å². The van der Waals surface area contributed by atoms with Crippen LogP contribution in [0.4, 0.5) is 0 Å². The standard InChI is InChI=1S/C6H13NO2.ClH/c7-2-1-3-8-4-6-5-9-6;/h6H,1-5,7H2;1H. The molecule has 1 saturated heterocycles. The molecule has 0 aromatic heterocycles. The summed E-state index contributed by atoms with van der Waals surface area (Å²) in [6.07, 6.45) is 1.34. The van der Waals surface area contributed by atoms with Gasteiger partial charge in [-0.1, -0.05) is 0 Å². The minimum absolute atomic E-state index is 0. The summed E-state index contributed by atoms with van der Waals surface area (Å²) in [5.41, 5.74) is 5.25. The number of epoxide rings is 1. The third-order valence-corrected chi connectivity index (χ3v) is 1.20. The molecule has 62 valence electrons. The fourth-order valence-electron chi connectivity index (χ4n) is 0.564. The second-order valence-corrected chi connectivity index (χ2v) is 2.17. The van der Waals surface area contributed by atoms with Crippen LogP contribution >= 0.6 is 12.4 Å². The highest BCUT2D eigenvalue weighted by atomic mass is 35.5. The van der Waals surface area contributed by atoms with E-state index >= 15 is 0 Å². The molecule has 10 heavy (non-hydrogen) atoms. The lowest BCUT2D eigenvalue weighted by atomic mass is 10.4. The summed E-state index contributed by atoms with van der Waals surface area (Å²) in [6.45, 7) is 3.12. The minimum atomic E-state index is 0. The molecule has 0 amide bonds. The lowest BCUT2D eigenvalue weighted by Crippen LogP contribution is -2.07. The maximum absolute atomic E-state index is 5.25. The first-order valence-corrected chi connectivity index (χ1v) is 3.33. The van der Waals surface area contributed by atoms with Crippen LogP contribution in [-0.4, -0.2) is 32.5 Å². The Bertz CT molecular complexity index is 78.1. The summed E-state index contributed by atoms with van der Waals surface area (Å²) in [5, 5.41) is 0. The van der Waals surface area contributed by atoms with Crippen molar-refractivity contribution in [3.05, 3.63) is 0 Å². The Morgan fingerprint density at radius 2 is 2.30 bits per heavy atom. The van der Waals surface area contributed by atoms with Crippen molar-refractivity contribution < 1.29 is 9.47 Å². The van der Waals surface area contributed by atoms with Gasteiger partial charge in [0.2, 0.25) is 0 Å². The highest BCUT2D eigenvalue weighted by Gasteiger charge is 2.21. The van der Waals surface area contributed by atoms with E-state index in [0.29, 0.717) is 12.6 Å². The van der Waals surface area contributed by atoms with Crippen molar-refractivity contribution in [2.24, 2.45) is 5.73 Å². The molecule has 0 radical (unpaired) electrons. The largest absolute Gasteiger partial charge is 0.379 e. The van der Waals surface area contributed by atoms with Gasteiger partial charge in [-0.2, -0.15) is 0 Å². The normalized spacial score (nSPS) is 21.9. The fourth-order valence-corrected chi connectivity index (χ4v) is 0.564. The monoisotopic (exact) mass is 167 g/mol. The molecule has 0 aliphatic carbocycles. The Labute approximate surface area is 67.3 Å². The number of hydrogen-bond donors (Lipinski definition) is 1. The zero-order chi connectivity index (χ0) is 6.53. The van der Waals surface area contributed by atoms with Gasteiger partial charge in [0.25, 0.3) is 0 Å². The van der Waals surface area contributed by atoms with Gasteiger partial charge >= 0.3 is 0 Å². The number of ether oxygens (including phenoxy) is 2. The third kappa shape index (κ3) is 4.99. The molecule has 1 rings (SSSR count). The first-order chi connectivity index (χ1) is 4.43. The van der Waals surface area contributed by atoms with Crippen LogP contribution in [0.1, 0.15) is 6.42 Å². The topological polar surface area (TPSA) is 47.8 Å². The van der Waals surface area contributed by atoms with E-state index in [9.17, 15) is 0 Å². The summed E-state index contributed by atoms with van der Waals surface area (Å²) in [6, 6.07) is 0. The molecule has 0 spiro atoms. The Morgan fingerprint density at radius 1 is 1.60 bits per heavy atom. The molecule has 2 N–H and O–H groups in total. The Kier molecular flexibility index (Phi) is 6.02. The third-order valence-electron chi connectivity index (χ3n) is 1.20. The average molecular weight is 168 g/mol. The van der Waals surface area contributed by atoms with Gasteiger partial charge < -0.3 is 15.2 Å². The minimum Gasteiger partial charge on any atom is -0.379 e. The lowest BCUT2D eigenvalue weighted by molar-refractivity contribution is 0.116. The van der Waals surface area contributed by atoms with E-state index in [4.69, 9.17) is 15.2 Å². The zero-order valence-electron chi connectivity index (χ0n) is 5.91. The van der Waals surface area contributed by atoms with Crippen LogP contribution in [0.2, 0.25) is 0 Å². The van der Waals surface area contributed by atoms with Gasteiger partial charge in [0.15, 0.2) is 0 Å². The van der Waals surface area contributed by atoms with Crippen molar-refractivity contribution in [2.45, 2.75) is 12.5 Å². The number of halogens is 1. The van der Waals surface area contributed by atoms with E-state index in [1.54, 1.807) is 0 Å². The Hall–Kier alpha value is 0.170. The molecule has 1 heterocycles. The maximum atomic E-state index is 5.25. The predicted octanol–water partition coefficient (Wildman–Crippen LogP) is 0.172. The summed E-state index contributed by atoms with van der Waals surface area (Å²) in [4.78, 5) is 0. The van der Waals surface area contributed by atoms with Crippen molar-refractivity contribution in [3.63, 3.8) is 0 Å². The quantitative estimate of drug-likeness (QED) is 0.469. The molecule has 0 aromatic rings. The predicted molar refractivity (Wildman–Crippen MR) is 41.5 cm³/mol. The number of nitrogens with two attached hydrogens (primary N) is 1. The second kappa shape index (κ2) is 5.92. The fraction of sp³-hybridized carbons (Fsp3) is 1.00. The lowest BCUT2D eigenvalue weighted by Gasteiger charge is -1.97. The molecule has 1 aliphatic heterocycles. The van der Waals surface area contributed by atoms with E-state index in [1.165, 1.54) is 0 Å². The van der Waals surface area contributed by atoms with Crippen molar-refractivity contribution in [1.82, 2.24) is 0 Å². The molecule has 0 saturated carbocycles. The first-order valence-electron chi connectivity index (χ1n) is 3.33. The van der Waals surface area contributed by atoms with Gasteiger partial charge in [-0.15, -0.1) is 12.4 Å². The zero-order valence-corrected chi connectivity index (χ0v) is 6.73. The number of rotatable bonds is 5. The highest BCUT2D eigenvalue weighted by Crippen LogP contribution is 2.08. The Balaban J connectivity index is 0.000000810. The molecular weight excluding hydrogens is 154 g/mol. The van der Waals surface area contributed by atoms with Gasteiger partial charge in [-0.05, 0) is 13.0 Å². The molecule has 4 heteroatoms. The van der Waals surface area contributed by atoms with Crippen molar-refractivity contribution in [3.8, 4) is 0 Å². The first kappa shape index (κ1) is 10.2. The van der Waals surface area contributed by atoms with E-state index < -0.39 is 0 Å². The van der Waals surface area contributed by atoms with Crippen LogP contribution < -0.4 is 5.73 Å². The number of hydrogen-bond acceptors (Lipinski definition) is 3. The molecule has 0 bridgehead atoms. The van der Waals surface area contributed by atoms with Gasteiger partial charge in [-0.3, -0.25) is 0 Å². The van der Waals surface area contributed by atoms with Gasteiger partial charge in [0.1, 0.15) is 6.10 Å². The van der Waals surface area contributed by atoms with Crippen molar-refractivity contribution in [2.75, 3.05) is 26.4 Å². The van der Waals surface area contributed by atoms with E-state index in [2.05, 4.69) is 0 Å². The van der Waals surface area contributed by atoms with Crippen LogP contribution in [0.15, 0.2) is 0 Å². The van der Waals surface area contributed by atoms with Crippen molar-refractivity contribution >= 4 is 12.4 Å². The molecule has 1 aliphatic rings. The molecule has 3 nitrogen and oxygen atoms in total. The highest BCUT2D eigenvalue weighted by molar-refractivity contribution is 5.85. The SMILES string of the molecule is Cl.NCCCOCC1CO1. The smallest absolute Gasteiger partial charge is 0.104 e. The van der Waals surface area contributed by atoms with Gasteiger partial charge in [0, 0.05) is 6.61 Å². The van der Waals surface area contributed by atoms with E-state index in [1.807, 2.05) is 0 Å². The molecular formula is C6H14ClNO2. The van der Waals surface area contributed by atoms with E-state index in [0.717, 1.165) is 26.2 Å². The average Bonchev–Trinajstić information content (AvgIpc) is 2.63. The molecule has 1 fully saturated rings. The van der Waals surface area contributed by atoms with Crippen LogP contribution in [0.5, 0.6) is 0 Å². The molecule has 1 atom stereocenters. The van der Waals surface area contributed by atoms with Crippen molar-refractivity contribution in [1.29, 1.82) is 0 Å². The van der Waals surface area contributed by atoms with Crippen LogP contribution in [-0.2, 0) is 9.47 Å². The van der Waals surface area contributed by atoms with Crippen LogP contribution in [0.25, 0.3) is 0 Å². The summed E-state index contributed by atoms with van der Waals surface area (Å²) in [5.74, 6) is 0. The Morgan fingerprint density at radius 3 is 2.80 bits per heavy atom. The summed E-state index contributed by atoms with van der Waals surface area (Å²) in [7, 11) is 0.